The Bertz CT molecular complexity index is 643. The molecule has 0 radical (unpaired) electrons. The molecule has 120 valence electrons. The summed E-state index contributed by atoms with van der Waals surface area (Å²) < 4.78 is 4.69. The van der Waals surface area contributed by atoms with Gasteiger partial charge in [-0.15, -0.1) is 0 Å². The van der Waals surface area contributed by atoms with Crippen molar-refractivity contribution in [3.63, 3.8) is 0 Å². The summed E-state index contributed by atoms with van der Waals surface area (Å²) in [6.07, 6.45) is 0. The van der Waals surface area contributed by atoms with Gasteiger partial charge in [-0.25, -0.2) is 4.36 Å². The fraction of sp³-hybridized carbons (Fsp3) is 0.533. The highest BCUT2D eigenvalue weighted by Gasteiger charge is 2.33. The average molecular weight is 323 g/mol. The van der Waals surface area contributed by atoms with Crippen LogP contribution in [0.3, 0.4) is 0 Å². The highest BCUT2D eigenvalue weighted by molar-refractivity contribution is 7.89. The maximum absolute atomic E-state index is 12.3. The lowest BCUT2D eigenvalue weighted by Gasteiger charge is -2.17. The molecule has 22 heavy (non-hydrogen) atoms. The van der Waals surface area contributed by atoms with Crippen LogP contribution in [0.15, 0.2) is 22.6 Å². The number of hydrogen-bond donors (Lipinski definition) is 0. The SMILES string of the molecule is Cc1cc([N+](=O)[O-])ccc1/N=S1/CN(CC(C)C)C(=O)C1C. The number of carbonyl (C=O) groups is 1. The first-order valence-electron chi connectivity index (χ1n) is 7.25. The Hall–Kier alpha value is -1.76. The second kappa shape index (κ2) is 6.56. The lowest BCUT2D eigenvalue weighted by molar-refractivity contribution is -0.384. The van der Waals surface area contributed by atoms with Crippen molar-refractivity contribution in [2.75, 3.05) is 12.4 Å². The van der Waals surface area contributed by atoms with Crippen LogP contribution in [0.25, 0.3) is 0 Å². The summed E-state index contributed by atoms with van der Waals surface area (Å²) in [6, 6.07) is 4.66. The fourth-order valence-electron chi connectivity index (χ4n) is 2.38. The predicted molar refractivity (Wildman–Crippen MR) is 88.2 cm³/mol. The number of nitro benzene ring substituents is 1. The molecule has 0 aromatic heterocycles. The molecule has 1 amide bonds. The van der Waals surface area contributed by atoms with Crippen molar-refractivity contribution in [2.45, 2.75) is 32.9 Å². The number of nitro groups is 1. The van der Waals surface area contributed by atoms with E-state index in [2.05, 4.69) is 18.2 Å². The van der Waals surface area contributed by atoms with Crippen LogP contribution in [0.5, 0.6) is 0 Å². The first kappa shape index (κ1) is 16.6. The van der Waals surface area contributed by atoms with Crippen LogP contribution in [0.2, 0.25) is 0 Å². The molecular weight excluding hydrogens is 302 g/mol. The number of non-ortho nitro benzene ring substituents is 1. The molecule has 2 rings (SSSR count). The van der Waals surface area contributed by atoms with Crippen molar-refractivity contribution in [1.82, 2.24) is 4.90 Å². The quantitative estimate of drug-likeness (QED) is 0.631. The average Bonchev–Trinajstić information content (AvgIpc) is 2.68. The van der Waals surface area contributed by atoms with Gasteiger partial charge in [0.1, 0.15) is 0 Å². The minimum absolute atomic E-state index is 0.0664. The lowest BCUT2D eigenvalue weighted by atomic mass is 10.2. The van der Waals surface area contributed by atoms with Crippen molar-refractivity contribution in [1.29, 1.82) is 0 Å². The van der Waals surface area contributed by atoms with Gasteiger partial charge in [-0.1, -0.05) is 24.5 Å². The van der Waals surface area contributed by atoms with E-state index in [0.717, 1.165) is 17.8 Å². The van der Waals surface area contributed by atoms with Gasteiger partial charge in [0.15, 0.2) is 0 Å². The summed E-state index contributed by atoms with van der Waals surface area (Å²) in [5.74, 6) is 1.23. The summed E-state index contributed by atoms with van der Waals surface area (Å²) in [7, 11) is -0.396. The van der Waals surface area contributed by atoms with Crippen LogP contribution in [-0.4, -0.2) is 33.4 Å². The zero-order chi connectivity index (χ0) is 16.4. The Kier molecular flexibility index (Phi) is 4.95. The molecule has 1 fully saturated rings. The summed E-state index contributed by atoms with van der Waals surface area (Å²) in [5.41, 5.74) is 1.57. The largest absolute Gasteiger partial charge is 0.331 e. The number of aryl methyl sites for hydroxylation is 1. The maximum atomic E-state index is 12.3. The molecular formula is C15H21N3O3S. The molecule has 0 aliphatic carbocycles. The minimum Gasteiger partial charge on any atom is -0.331 e. The summed E-state index contributed by atoms with van der Waals surface area (Å²) >= 11 is 0. The topological polar surface area (TPSA) is 75.8 Å². The van der Waals surface area contributed by atoms with E-state index in [9.17, 15) is 14.9 Å². The van der Waals surface area contributed by atoms with Gasteiger partial charge in [0.05, 0.1) is 21.7 Å². The Balaban J connectivity index is 2.26. The van der Waals surface area contributed by atoms with Gasteiger partial charge >= 0.3 is 0 Å². The highest BCUT2D eigenvalue weighted by Crippen LogP contribution is 2.27. The minimum atomic E-state index is -0.412. The number of nitrogens with zero attached hydrogens (tertiary/aromatic N) is 3. The van der Waals surface area contributed by atoms with Crippen LogP contribution in [-0.2, 0) is 15.5 Å². The van der Waals surface area contributed by atoms with Gasteiger partial charge < -0.3 is 4.90 Å². The van der Waals surface area contributed by atoms with E-state index in [1.807, 2.05) is 18.7 Å². The van der Waals surface area contributed by atoms with E-state index in [1.54, 1.807) is 6.07 Å². The Morgan fingerprint density at radius 1 is 1.50 bits per heavy atom. The third kappa shape index (κ3) is 3.52. The molecule has 1 aromatic carbocycles. The molecule has 1 aliphatic rings. The summed E-state index contributed by atoms with van der Waals surface area (Å²) in [6.45, 7) is 8.65. The van der Waals surface area contributed by atoms with E-state index in [0.29, 0.717) is 11.8 Å². The predicted octanol–water partition coefficient (Wildman–Crippen LogP) is 3.18. The van der Waals surface area contributed by atoms with Crippen molar-refractivity contribution < 1.29 is 9.72 Å². The first-order valence-corrected chi connectivity index (χ1v) is 8.66. The van der Waals surface area contributed by atoms with E-state index in [1.165, 1.54) is 12.1 Å². The van der Waals surface area contributed by atoms with Crippen LogP contribution < -0.4 is 0 Å². The molecule has 0 bridgehead atoms. The van der Waals surface area contributed by atoms with Gasteiger partial charge in [-0.05, 0) is 31.4 Å². The Morgan fingerprint density at radius 2 is 2.18 bits per heavy atom. The van der Waals surface area contributed by atoms with Crippen LogP contribution in [0, 0.1) is 23.0 Å². The Morgan fingerprint density at radius 3 is 2.73 bits per heavy atom. The second-order valence-electron chi connectivity index (χ2n) is 5.95. The maximum Gasteiger partial charge on any atom is 0.269 e. The van der Waals surface area contributed by atoms with Crippen LogP contribution in [0.4, 0.5) is 11.4 Å². The summed E-state index contributed by atoms with van der Waals surface area (Å²) in [4.78, 5) is 24.5. The smallest absolute Gasteiger partial charge is 0.269 e. The summed E-state index contributed by atoms with van der Waals surface area (Å²) in [5, 5.41) is 10.7. The number of benzene rings is 1. The molecule has 1 aromatic rings. The standard InChI is InChI=1S/C15H21N3O3S/c1-10(2)8-17-9-22(12(4)15(17)19)16-14-6-5-13(18(20)21)7-11(14)3/h5-7,10,12H,8-9H2,1-4H3. The molecule has 0 spiro atoms. The van der Waals surface area contributed by atoms with Gasteiger partial charge in [0, 0.05) is 18.7 Å². The second-order valence-corrected chi connectivity index (χ2v) is 7.90. The van der Waals surface area contributed by atoms with E-state index in [-0.39, 0.29) is 16.8 Å². The fourth-order valence-corrected chi connectivity index (χ4v) is 4.21. The molecule has 0 N–H and O–H groups in total. The van der Waals surface area contributed by atoms with Crippen molar-refractivity contribution in [2.24, 2.45) is 10.3 Å². The van der Waals surface area contributed by atoms with E-state index >= 15 is 0 Å². The van der Waals surface area contributed by atoms with E-state index < -0.39 is 15.6 Å². The first-order chi connectivity index (χ1) is 10.3. The number of rotatable bonds is 4. The molecule has 2 atom stereocenters. The van der Waals surface area contributed by atoms with Crippen molar-refractivity contribution in [3.05, 3.63) is 33.9 Å². The molecule has 7 heteroatoms. The number of amides is 1. The molecule has 1 aliphatic heterocycles. The monoisotopic (exact) mass is 323 g/mol. The van der Waals surface area contributed by atoms with Gasteiger partial charge in [0.2, 0.25) is 5.91 Å². The third-order valence-electron chi connectivity index (χ3n) is 3.55. The van der Waals surface area contributed by atoms with Gasteiger partial charge in [-0.2, -0.15) is 0 Å². The van der Waals surface area contributed by atoms with Crippen molar-refractivity contribution in [3.8, 4) is 0 Å². The van der Waals surface area contributed by atoms with Crippen LogP contribution in [0.1, 0.15) is 26.3 Å². The van der Waals surface area contributed by atoms with Crippen LogP contribution >= 0.6 is 0 Å². The zero-order valence-corrected chi connectivity index (χ0v) is 14.1. The molecule has 1 saturated heterocycles. The molecule has 2 unspecified atom stereocenters. The Labute approximate surface area is 132 Å². The zero-order valence-electron chi connectivity index (χ0n) is 13.3. The van der Waals surface area contributed by atoms with E-state index in [4.69, 9.17) is 0 Å². The highest BCUT2D eigenvalue weighted by atomic mass is 32.2. The van der Waals surface area contributed by atoms with Gasteiger partial charge in [0.25, 0.3) is 5.69 Å². The van der Waals surface area contributed by atoms with Gasteiger partial charge in [-0.3, -0.25) is 14.9 Å². The van der Waals surface area contributed by atoms with Crippen molar-refractivity contribution >= 4 is 28.0 Å². The molecule has 6 nitrogen and oxygen atoms in total. The number of carbonyl (C=O) groups excluding carboxylic acids is 1. The molecule has 0 saturated carbocycles. The number of hydrogen-bond acceptors (Lipinski definition) is 4. The molecule has 1 heterocycles. The normalized spacial score (nSPS) is 21.9. The lowest BCUT2D eigenvalue weighted by Crippen LogP contribution is -2.31. The third-order valence-corrected chi connectivity index (χ3v) is 5.57.